The molecule has 0 aromatic heterocycles. The van der Waals surface area contributed by atoms with Gasteiger partial charge in [-0.2, -0.15) is 0 Å². The molecule has 2 rings (SSSR count). The third kappa shape index (κ3) is 7.65. The monoisotopic (exact) mass is 447 g/mol. The van der Waals surface area contributed by atoms with E-state index in [1.165, 1.54) is 0 Å². The van der Waals surface area contributed by atoms with Crippen molar-refractivity contribution in [1.29, 1.82) is 0 Å². The number of aromatic hydroxyl groups is 1. The molecule has 0 radical (unpaired) electrons. The smallest absolute Gasteiger partial charge is 0.236 e. The number of nitrogens with zero attached hydrogens (tertiary/aromatic N) is 5. The number of carbonyl (C=O) groups is 1. The number of carbonyl (C=O) groups excluding carboxylic acids is 1. The fourth-order valence-electron chi connectivity index (χ4n) is 3.53. The molecular weight excluding hydrogens is 406 g/mol. The molecule has 1 fully saturated rings. The Kier molecular flexibility index (Phi) is 10.2. The zero-order chi connectivity index (χ0) is 23.7. The second kappa shape index (κ2) is 12.6. The largest absolute Gasteiger partial charge is 0.508 e. The van der Waals surface area contributed by atoms with Gasteiger partial charge in [0.2, 0.25) is 5.91 Å². The van der Waals surface area contributed by atoms with Crippen LogP contribution in [0.4, 0.5) is 5.69 Å². The molecule has 0 atom stereocenters. The molecule has 0 unspecified atom stereocenters. The highest BCUT2D eigenvalue weighted by atomic mass is 16.3. The van der Waals surface area contributed by atoms with Crippen LogP contribution in [0.3, 0.4) is 0 Å². The van der Waals surface area contributed by atoms with Crippen LogP contribution < -0.4 is 10.6 Å². The van der Waals surface area contributed by atoms with Crippen molar-refractivity contribution in [2.45, 2.75) is 26.4 Å². The molecular formula is C23H41N7O2. The Labute approximate surface area is 193 Å². The topological polar surface area (TPSA) is 86.7 Å². The number of amides is 1. The van der Waals surface area contributed by atoms with Crippen LogP contribution in [0.5, 0.6) is 5.75 Å². The molecule has 0 aliphatic carbocycles. The molecule has 1 saturated heterocycles. The molecule has 1 aliphatic heterocycles. The van der Waals surface area contributed by atoms with Crippen molar-refractivity contribution < 1.29 is 9.90 Å². The third-order valence-corrected chi connectivity index (χ3v) is 6.00. The Bertz CT molecular complexity index is 761. The number of hydrogen-bond acceptors (Lipinski definition) is 6. The maximum absolute atomic E-state index is 12.4. The van der Waals surface area contributed by atoms with Crippen molar-refractivity contribution in [2.24, 2.45) is 4.99 Å². The number of guanidine groups is 1. The van der Waals surface area contributed by atoms with Gasteiger partial charge in [0.15, 0.2) is 5.96 Å². The molecule has 1 aromatic carbocycles. The van der Waals surface area contributed by atoms with E-state index in [0.717, 1.165) is 56.5 Å². The van der Waals surface area contributed by atoms with Gasteiger partial charge in [0.05, 0.1) is 6.54 Å². The number of anilines is 1. The van der Waals surface area contributed by atoms with Crippen LogP contribution in [0, 0.1) is 0 Å². The quantitative estimate of drug-likeness (QED) is 0.295. The third-order valence-electron chi connectivity index (χ3n) is 6.00. The van der Waals surface area contributed by atoms with Gasteiger partial charge >= 0.3 is 0 Å². The van der Waals surface area contributed by atoms with Gasteiger partial charge in [-0.05, 0) is 39.1 Å². The van der Waals surface area contributed by atoms with Crippen LogP contribution in [0.15, 0.2) is 23.2 Å². The number of phenolic OH excluding ortho intramolecular Hbond substituents is 1. The van der Waals surface area contributed by atoms with Crippen LogP contribution in [0.2, 0.25) is 0 Å². The fraction of sp³-hybridized carbons (Fsp3) is 0.652. The summed E-state index contributed by atoms with van der Waals surface area (Å²) in [5.74, 6) is 1.24. The lowest BCUT2D eigenvalue weighted by molar-refractivity contribution is -0.131. The summed E-state index contributed by atoms with van der Waals surface area (Å²) < 4.78 is 0. The van der Waals surface area contributed by atoms with Gasteiger partial charge in [-0.3, -0.25) is 19.6 Å². The summed E-state index contributed by atoms with van der Waals surface area (Å²) in [5.41, 5.74) is 1.79. The van der Waals surface area contributed by atoms with Crippen molar-refractivity contribution in [3.05, 3.63) is 23.8 Å². The summed E-state index contributed by atoms with van der Waals surface area (Å²) in [6, 6.07) is 5.91. The Morgan fingerprint density at radius 3 is 2.44 bits per heavy atom. The molecule has 1 aliphatic rings. The van der Waals surface area contributed by atoms with Crippen LogP contribution in [0.25, 0.3) is 0 Å². The predicted octanol–water partition coefficient (Wildman–Crippen LogP) is 0.926. The van der Waals surface area contributed by atoms with E-state index in [1.54, 1.807) is 18.0 Å². The molecule has 9 nitrogen and oxygen atoms in total. The zero-order valence-electron chi connectivity index (χ0n) is 20.6. The molecule has 0 spiro atoms. The van der Waals surface area contributed by atoms with Gasteiger partial charge < -0.3 is 25.5 Å². The van der Waals surface area contributed by atoms with Gasteiger partial charge in [0.1, 0.15) is 5.75 Å². The summed E-state index contributed by atoms with van der Waals surface area (Å²) in [5, 5.41) is 16.8. The Morgan fingerprint density at radius 2 is 1.84 bits per heavy atom. The van der Waals surface area contributed by atoms with Gasteiger partial charge in [-0.1, -0.05) is 0 Å². The maximum atomic E-state index is 12.4. The van der Waals surface area contributed by atoms with Gasteiger partial charge in [0, 0.05) is 84.2 Å². The lowest BCUT2D eigenvalue weighted by Gasteiger charge is -2.35. The Morgan fingerprint density at radius 1 is 1.19 bits per heavy atom. The highest BCUT2D eigenvalue weighted by Gasteiger charge is 2.21. The van der Waals surface area contributed by atoms with Crippen molar-refractivity contribution in [3.63, 3.8) is 0 Å². The summed E-state index contributed by atoms with van der Waals surface area (Å²) >= 11 is 0. The van der Waals surface area contributed by atoms with E-state index < -0.39 is 0 Å². The summed E-state index contributed by atoms with van der Waals surface area (Å²) in [4.78, 5) is 25.1. The van der Waals surface area contributed by atoms with E-state index in [9.17, 15) is 9.90 Å². The van der Waals surface area contributed by atoms with E-state index in [1.807, 2.05) is 33.3 Å². The van der Waals surface area contributed by atoms with Crippen molar-refractivity contribution >= 4 is 17.6 Å². The second-order valence-corrected chi connectivity index (χ2v) is 8.69. The number of likely N-dealkylation sites (N-methyl/N-ethyl adjacent to an activating group) is 2. The average Bonchev–Trinajstić information content (AvgIpc) is 2.78. The number of benzene rings is 1. The van der Waals surface area contributed by atoms with E-state index in [-0.39, 0.29) is 5.91 Å². The second-order valence-electron chi connectivity index (χ2n) is 8.69. The summed E-state index contributed by atoms with van der Waals surface area (Å²) in [6.45, 7) is 10.3. The molecule has 0 saturated carbocycles. The molecule has 180 valence electrons. The molecule has 32 heavy (non-hydrogen) atoms. The van der Waals surface area contributed by atoms with E-state index in [4.69, 9.17) is 0 Å². The number of piperazine rings is 1. The van der Waals surface area contributed by atoms with Crippen LogP contribution >= 0.6 is 0 Å². The van der Waals surface area contributed by atoms with Crippen LogP contribution in [-0.2, 0) is 11.3 Å². The maximum Gasteiger partial charge on any atom is 0.236 e. The number of aliphatic imine (C=N–C) groups is 1. The molecule has 1 amide bonds. The standard InChI is InChI=1S/C23H41N7O2/c1-18(2)28(6)23(25-4)26-20-7-8-21(31)19(15-20)16-29-11-13-30(14-12-29)17-22(32)27(5)10-9-24-3/h7-8,15,18,24,31H,9-14,16-17H2,1-6H3,(H,25,26). The van der Waals surface area contributed by atoms with Gasteiger partial charge in [-0.25, -0.2) is 0 Å². The highest BCUT2D eigenvalue weighted by Crippen LogP contribution is 2.24. The van der Waals surface area contributed by atoms with E-state index >= 15 is 0 Å². The van der Waals surface area contributed by atoms with E-state index in [0.29, 0.717) is 24.9 Å². The SMILES string of the molecule is C/N=C(/Nc1ccc(O)c(CN2CCN(CC(=O)N(C)CCNC)CC2)c1)N(C)C(C)C. The molecule has 1 aromatic rings. The molecule has 9 heteroatoms. The number of hydrogen-bond donors (Lipinski definition) is 3. The first-order chi connectivity index (χ1) is 15.2. The Balaban J connectivity index is 1.90. The fourth-order valence-corrected chi connectivity index (χ4v) is 3.53. The lowest BCUT2D eigenvalue weighted by atomic mass is 10.1. The average molecular weight is 448 g/mol. The number of phenols is 1. The zero-order valence-corrected chi connectivity index (χ0v) is 20.6. The van der Waals surface area contributed by atoms with Gasteiger partial charge in [0.25, 0.3) is 0 Å². The minimum Gasteiger partial charge on any atom is -0.508 e. The van der Waals surface area contributed by atoms with Crippen molar-refractivity contribution in [1.82, 2.24) is 24.9 Å². The van der Waals surface area contributed by atoms with Crippen molar-refractivity contribution in [2.75, 3.05) is 79.3 Å². The first kappa shape index (κ1) is 25.9. The first-order valence-electron chi connectivity index (χ1n) is 11.4. The number of rotatable bonds is 9. The molecule has 1 heterocycles. The van der Waals surface area contributed by atoms with Crippen molar-refractivity contribution in [3.8, 4) is 5.75 Å². The molecule has 0 bridgehead atoms. The minimum absolute atomic E-state index is 0.157. The normalized spacial score (nSPS) is 15.8. The summed E-state index contributed by atoms with van der Waals surface area (Å²) in [6.07, 6.45) is 0. The minimum atomic E-state index is 0.157. The number of nitrogens with one attached hydrogen (secondary N) is 2. The van der Waals surface area contributed by atoms with Crippen LogP contribution in [-0.4, -0.2) is 117 Å². The first-order valence-corrected chi connectivity index (χ1v) is 11.4. The Hall–Kier alpha value is -2.36. The lowest BCUT2D eigenvalue weighted by Crippen LogP contribution is -2.49. The van der Waals surface area contributed by atoms with E-state index in [2.05, 4.69) is 44.2 Å². The highest BCUT2D eigenvalue weighted by molar-refractivity contribution is 5.93. The molecule has 3 N–H and O–H groups in total. The summed E-state index contributed by atoms with van der Waals surface area (Å²) in [7, 11) is 7.52. The van der Waals surface area contributed by atoms with Gasteiger partial charge in [-0.15, -0.1) is 0 Å². The van der Waals surface area contributed by atoms with Crippen LogP contribution in [0.1, 0.15) is 19.4 Å². The predicted molar refractivity (Wildman–Crippen MR) is 131 cm³/mol.